The van der Waals surface area contributed by atoms with Crippen LogP contribution < -0.4 is 10.1 Å². The van der Waals surface area contributed by atoms with Gasteiger partial charge in [0.15, 0.2) is 5.82 Å². The summed E-state index contributed by atoms with van der Waals surface area (Å²) in [4.78, 5) is 0. The highest BCUT2D eigenvalue weighted by Gasteiger charge is 2.15. The van der Waals surface area contributed by atoms with Crippen molar-refractivity contribution in [1.82, 2.24) is 8.75 Å². The Morgan fingerprint density at radius 2 is 2.35 bits per heavy atom. The highest BCUT2D eigenvalue weighted by molar-refractivity contribution is 6.99. The van der Waals surface area contributed by atoms with Crippen molar-refractivity contribution >= 4 is 17.5 Å². The van der Waals surface area contributed by atoms with Gasteiger partial charge in [-0.25, -0.2) is 0 Å². The van der Waals surface area contributed by atoms with Crippen LogP contribution in [0.15, 0.2) is 18.2 Å². The average Bonchev–Trinajstić information content (AvgIpc) is 2.96. The first-order chi connectivity index (χ1) is 8.38. The van der Waals surface area contributed by atoms with Crippen molar-refractivity contribution in [3.05, 3.63) is 23.8 Å². The van der Waals surface area contributed by atoms with Crippen molar-refractivity contribution in [1.29, 1.82) is 0 Å². The van der Waals surface area contributed by atoms with Gasteiger partial charge in [-0.15, -0.1) is 0 Å². The van der Waals surface area contributed by atoms with E-state index < -0.39 is 0 Å². The second-order valence-electron chi connectivity index (χ2n) is 3.91. The summed E-state index contributed by atoms with van der Waals surface area (Å²) in [5.41, 5.74) is 3.31. The summed E-state index contributed by atoms with van der Waals surface area (Å²) < 4.78 is 14.1. The van der Waals surface area contributed by atoms with Crippen molar-refractivity contribution in [3.8, 4) is 17.0 Å². The first-order valence-electron chi connectivity index (χ1n) is 5.71. The van der Waals surface area contributed by atoms with Crippen molar-refractivity contribution in [2.75, 3.05) is 18.5 Å². The largest absolute Gasteiger partial charge is 0.493 e. The number of hydrogen-bond acceptors (Lipinski definition) is 5. The molecule has 0 fully saturated rings. The van der Waals surface area contributed by atoms with Crippen LogP contribution in [0.1, 0.15) is 12.5 Å². The third-order valence-corrected chi connectivity index (χ3v) is 3.32. The van der Waals surface area contributed by atoms with Gasteiger partial charge in [0.05, 0.1) is 18.3 Å². The summed E-state index contributed by atoms with van der Waals surface area (Å²) >= 11 is 1.24. The topological polar surface area (TPSA) is 47.0 Å². The fourth-order valence-corrected chi connectivity index (χ4v) is 2.54. The predicted molar refractivity (Wildman–Crippen MR) is 68.7 cm³/mol. The summed E-state index contributed by atoms with van der Waals surface area (Å²) in [5.74, 6) is 1.87. The Kier molecular flexibility index (Phi) is 2.68. The Morgan fingerprint density at radius 1 is 1.41 bits per heavy atom. The maximum atomic E-state index is 5.50. The molecular weight excluding hydrogens is 234 g/mol. The van der Waals surface area contributed by atoms with Crippen molar-refractivity contribution in [2.24, 2.45) is 0 Å². The van der Waals surface area contributed by atoms with Gasteiger partial charge in [-0.1, -0.05) is 0 Å². The Hall–Kier alpha value is -1.62. The number of hydrogen-bond donors (Lipinski definition) is 1. The van der Waals surface area contributed by atoms with Crippen LogP contribution >= 0.6 is 11.7 Å². The number of nitrogens with one attached hydrogen (secondary N) is 1. The van der Waals surface area contributed by atoms with Crippen molar-refractivity contribution in [3.63, 3.8) is 0 Å². The van der Waals surface area contributed by atoms with Crippen LogP contribution in [0, 0.1) is 0 Å². The third-order valence-electron chi connectivity index (χ3n) is 2.80. The lowest BCUT2D eigenvalue weighted by Gasteiger charge is -2.04. The minimum absolute atomic E-state index is 0.786. The number of anilines is 1. The third kappa shape index (κ3) is 1.86. The van der Waals surface area contributed by atoms with Crippen LogP contribution in [-0.2, 0) is 6.42 Å². The molecule has 0 saturated heterocycles. The minimum Gasteiger partial charge on any atom is -0.493 e. The molecule has 0 amide bonds. The number of ether oxygens (including phenoxy) is 1. The Labute approximate surface area is 104 Å². The zero-order valence-corrected chi connectivity index (χ0v) is 10.4. The monoisotopic (exact) mass is 247 g/mol. The number of benzene rings is 1. The molecule has 1 aliphatic rings. The molecule has 17 heavy (non-hydrogen) atoms. The van der Waals surface area contributed by atoms with E-state index in [1.807, 2.05) is 12.1 Å². The zero-order valence-electron chi connectivity index (χ0n) is 9.56. The number of fused-ring (bicyclic) bond motifs is 1. The van der Waals surface area contributed by atoms with E-state index in [1.165, 1.54) is 17.3 Å². The van der Waals surface area contributed by atoms with Gasteiger partial charge in [-0.05, 0) is 30.7 Å². The Bertz CT molecular complexity index is 538. The molecule has 0 bridgehead atoms. The van der Waals surface area contributed by atoms with Gasteiger partial charge >= 0.3 is 0 Å². The smallest absolute Gasteiger partial charge is 0.168 e. The van der Waals surface area contributed by atoms with Gasteiger partial charge in [0.2, 0.25) is 0 Å². The molecule has 5 heteroatoms. The van der Waals surface area contributed by atoms with Gasteiger partial charge in [0, 0.05) is 18.5 Å². The Balaban J connectivity index is 2.00. The standard InChI is InChI=1S/C12H13N3OS/c1-2-13-12-11(14-17-15-12)9-3-4-10-8(7-9)5-6-16-10/h3-4,7H,2,5-6H2,1H3,(H,13,15). The number of nitrogens with zero attached hydrogens (tertiary/aromatic N) is 2. The van der Waals surface area contributed by atoms with Crippen LogP contribution in [0.3, 0.4) is 0 Å². The lowest BCUT2D eigenvalue weighted by atomic mass is 10.1. The maximum absolute atomic E-state index is 5.50. The fraction of sp³-hybridized carbons (Fsp3) is 0.333. The van der Waals surface area contributed by atoms with Gasteiger partial charge in [0.1, 0.15) is 11.4 Å². The Morgan fingerprint density at radius 3 is 3.24 bits per heavy atom. The molecule has 0 atom stereocenters. The second-order valence-corrected chi connectivity index (χ2v) is 4.44. The molecule has 3 rings (SSSR count). The highest BCUT2D eigenvalue weighted by Crippen LogP contribution is 2.32. The molecule has 88 valence electrons. The van der Waals surface area contributed by atoms with E-state index in [4.69, 9.17) is 4.74 Å². The van der Waals surface area contributed by atoms with E-state index >= 15 is 0 Å². The molecule has 0 saturated carbocycles. The summed E-state index contributed by atoms with van der Waals surface area (Å²) in [7, 11) is 0. The predicted octanol–water partition coefficient (Wildman–Crippen LogP) is 2.57. The van der Waals surface area contributed by atoms with Gasteiger partial charge in [0.25, 0.3) is 0 Å². The van der Waals surface area contributed by atoms with Gasteiger partial charge < -0.3 is 10.1 Å². The molecular formula is C12H13N3OS. The highest BCUT2D eigenvalue weighted by atomic mass is 32.1. The lowest BCUT2D eigenvalue weighted by molar-refractivity contribution is 0.357. The molecule has 4 nitrogen and oxygen atoms in total. The second kappa shape index (κ2) is 4.33. The summed E-state index contributed by atoms with van der Waals surface area (Å²) in [6.45, 7) is 3.69. The van der Waals surface area contributed by atoms with E-state index in [0.29, 0.717) is 0 Å². The van der Waals surface area contributed by atoms with E-state index in [1.54, 1.807) is 0 Å². The molecule has 1 aliphatic heterocycles. The maximum Gasteiger partial charge on any atom is 0.168 e. The SMILES string of the molecule is CCNc1nsnc1-c1ccc2c(c1)CCO2. The van der Waals surface area contributed by atoms with Crippen molar-refractivity contribution < 1.29 is 4.74 Å². The van der Waals surface area contributed by atoms with E-state index in [0.717, 1.165) is 42.4 Å². The van der Waals surface area contributed by atoms with E-state index in [2.05, 4.69) is 27.1 Å². The molecule has 1 N–H and O–H groups in total. The first kappa shape index (κ1) is 10.5. The van der Waals surface area contributed by atoms with Crippen molar-refractivity contribution in [2.45, 2.75) is 13.3 Å². The number of aromatic nitrogens is 2. The van der Waals surface area contributed by atoms with Gasteiger partial charge in [-0.3, -0.25) is 0 Å². The van der Waals surface area contributed by atoms with Crippen LogP contribution in [0.2, 0.25) is 0 Å². The van der Waals surface area contributed by atoms with Crippen LogP contribution in [0.4, 0.5) is 5.82 Å². The van der Waals surface area contributed by atoms with Gasteiger partial charge in [-0.2, -0.15) is 8.75 Å². The minimum atomic E-state index is 0.786. The van der Waals surface area contributed by atoms with Crippen LogP contribution in [0.25, 0.3) is 11.3 Å². The number of rotatable bonds is 3. The van der Waals surface area contributed by atoms with E-state index in [-0.39, 0.29) is 0 Å². The zero-order chi connectivity index (χ0) is 11.7. The molecule has 0 unspecified atom stereocenters. The molecule has 0 spiro atoms. The molecule has 0 radical (unpaired) electrons. The average molecular weight is 247 g/mol. The van der Waals surface area contributed by atoms with Crippen LogP contribution in [0.5, 0.6) is 5.75 Å². The molecule has 1 aromatic heterocycles. The molecule has 1 aromatic carbocycles. The summed E-state index contributed by atoms with van der Waals surface area (Å²) in [6, 6.07) is 6.22. The van der Waals surface area contributed by atoms with E-state index in [9.17, 15) is 0 Å². The normalized spacial score (nSPS) is 13.2. The first-order valence-corrected chi connectivity index (χ1v) is 6.44. The summed E-state index contributed by atoms with van der Waals surface area (Å²) in [6.07, 6.45) is 0.983. The lowest BCUT2D eigenvalue weighted by Crippen LogP contribution is -1.98. The molecule has 2 aromatic rings. The molecule has 0 aliphatic carbocycles. The fourth-order valence-electron chi connectivity index (χ4n) is 2.00. The molecule has 2 heterocycles. The van der Waals surface area contributed by atoms with Crippen LogP contribution in [-0.4, -0.2) is 21.9 Å². The quantitative estimate of drug-likeness (QED) is 0.905. The summed E-state index contributed by atoms with van der Waals surface area (Å²) in [5, 5.41) is 3.23.